The molecule has 0 saturated heterocycles. The van der Waals surface area contributed by atoms with Crippen LogP contribution in [-0.2, 0) is 4.79 Å². The minimum atomic E-state index is -1.08. The summed E-state index contributed by atoms with van der Waals surface area (Å²) in [6, 6.07) is 2.02. The second kappa shape index (κ2) is 5.77. The molecule has 0 spiro atoms. The predicted molar refractivity (Wildman–Crippen MR) is 63.9 cm³/mol. The topological polar surface area (TPSA) is 49.3 Å². The predicted octanol–water partition coefficient (Wildman–Crippen LogP) is 3.17. The zero-order chi connectivity index (χ0) is 13.0. The Morgan fingerprint density at radius 2 is 2.12 bits per heavy atom. The first-order valence-corrected chi connectivity index (χ1v) is 5.48. The van der Waals surface area contributed by atoms with E-state index in [0.717, 1.165) is 18.2 Å². The molecule has 0 heterocycles. The lowest BCUT2D eigenvalue weighted by Crippen LogP contribution is -2.06. The lowest BCUT2D eigenvalue weighted by Gasteiger charge is -2.08. The highest BCUT2D eigenvalue weighted by molar-refractivity contribution is 9.10. The summed E-state index contributed by atoms with van der Waals surface area (Å²) >= 11 is 2.86. The average Bonchev–Trinajstić information content (AvgIpc) is 2.20. The number of halogens is 3. The van der Waals surface area contributed by atoms with E-state index in [2.05, 4.69) is 21.2 Å². The lowest BCUT2D eigenvalue weighted by atomic mass is 10.2. The number of anilines is 1. The first-order chi connectivity index (χ1) is 7.90. The molecule has 92 valence electrons. The lowest BCUT2D eigenvalue weighted by molar-refractivity contribution is -0.131. The van der Waals surface area contributed by atoms with Crippen molar-refractivity contribution in [3.8, 4) is 0 Å². The molecule has 0 bridgehead atoms. The Labute approximate surface area is 105 Å². The molecule has 1 aromatic rings. The summed E-state index contributed by atoms with van der Waals surface area (Å²) in [5, 5.41) is 11.1. The van der Waals surface area contributed by atoms with E-state index in [1.54, 1.807) is 6.92 Å². The van der Waals surface area contributed by atoms with E-state index >= 15 is 0 Å². The molecular weight excluding hydrogens is 296 g/mol. The van der Waals surface area contributed by atoms with Gasteiger partial charge in [-0.25, -0.2) is 13.6 Å². The van der Waals surface area contributed by atoms with E-state index in [1.165, 1.54) is 0 Å². The maximum Gasteiger partial charge on any atom is 0.328 e. The monoisotopic (exact) mass is 305 g/mol. The van der Waals surface area contributed by atoms with Crippen LogP contribution in [-0.4, -0.2) is 17.6 Å². The van der Waals surface area contributed by atoms with Crippen LogP contribution in [0.4, 0.5) is 14.5 Å². The van der Waals surface area contributed by atoms with Crippen LogP contribution in [0.1, 0.15) is 6.92 Å². The molecule has 0 amide bonds. The molecule has 0 fully saturated rings. The molecule has 0 radical (unpaired) electrons. The largest absolute Gasteiger partial charge is 0.478 e. The molecule has 0 atom stereocenters. The molecule has 1 aromatic carbocycles. The Hall–Kier alpha value is -1.43. The summed E-state index contributed by atoms with van der Waals surface area (Å²) in [4.78, 5) is 10.3. The first kappa shape index (κ1) is 13.6. The van der Waals surface area contributed by atoms with Crippen molar-refractivity contribution in [2.24, 2.45) is 0 Å². The SMILES string of the molecule is C/C(=C/C(=O)O)CNc1cc(F)c(Br)cc1F. The maximum absolute atomic E-state index is 13.3. The number of carboxylic acid groups (broad SMARTS) is 1. The van der Waals surface area contributed by atoms with E-state index in [0.29, 0.717) is 5.57 Å². The molecule has 17 heavy (non-hydrogen) atoms. The van der Waals surface area contributed by atoms with Crippen molar-refractivity contribution in [3.05, 3.63) is 39.9 Å². The second-order valence-corrected chi connectivity index (χ2v) is 4.28. The van der Waals surface area contributed by atoms with Crippen molar-refractivity contribution in [3.63, 3.8) is 0 Å². The smallest absolute Gasteiger partial charge is 0.328 e. The molecule has 0 aromatic heterocycles. The van der Waals surface area contributed by atoms with Gasteiger partial charge >= 0.3 is 5.97 Å². The van der Waals surface area contributed by atoms with Gasteiger partial charge in [-0.1, -0.05) is 0 Å². The zero-order valence-electron chi connectivity index (χ0n) is 8.93. The molecule has 1 rings (SSSR count). The molecule has 0 aliphatic carbocycles. The molecule has 6 heteroatoms. The van der Waals surface area contributed by atoms with Gasteiger partial charge in [-0.05, 0) is 34.5 Å². The molecule has 0 aliphatic heterocycles. The number of rotatable bonds is 4. The van der Waals surface area contributed by atoms with Gasteiger partial charge in [-0.15, -0.1) is 0 Å². The van der Waals surface area contributed by atoms with Crippen LogP contribution in [0.25, 0.3) is 0 Å². The van der Waals surface area contributed by atoms with Gasteiger partial charge in [0.15, 0.2) is 0 Å². The molecule has 2 N–H and O–H groups in total. The third-order valence-electron chi connectivity index (χ3n) is 1.94. The standard InChI is InChI=1S/C11H10BrF2NO2/c1-6(2-11(16)17)5-15-10-4-8(13)7(12)3-9(10)14/h2-4,15H,5H2,1H3,(H,16,17)/b6-2-. The van der Waals surface area contributed by atoms with Gasteiger partial charge in [0.05, 0.1) is 10.2 Å². The van der Waals surface area contributed by atoms with Crippen LogP contribution in [0.15, 0.2) is 28.3 Å². The van der Waals surface area contributed by atoms with Gasteiger partial charge in [0.1, 0.15) is 11.6 Å². The minimum absolute atomic E-state index is 0.0103. The van der Waals surface area contributed by atoms with Crippen LogP contribution < -0.4 is 5.32 Å². The Morgan fingerprint density at radius 3 is 2.71 bits per heavy atom. The Morgan fingerprint density at radius 1 is 1.47 bits per heavy atom. The van der Waals surface area contributed by atoms with E-state index in [9.17, 15) is 13.6 Å². The number of hydrogen-bond acceptors (Lipinski definition) is 2. The summed E-state index contributed by atoms with van der Waals surface area (Å²) in [7, 11) is 0. The van der Waals surface area contributed by atoms with Crippen LogP contribution in [0.3, 0.4) is 0 Å². The van der Waals surface area contributed by atoms with Crippen molar-refractivity contribution in [1.29, 1.82) is 0 Å². The van der Waals surface area contributed by atoms with E-state index in [4.69, 9.17) is 5.11 Å². The quantitative estimate of drug-likeness (QED) is 0.663. The minimum Gasteiger partial charge on any atom is -0.478 e. The van der Waals surface area contributed by atoms with Crippen LogP contribution in [0, 0.1) is 11.6 Å². The number of carbonyl (C=O) groups is 1. The van der Waals surface area contributed by atoms with E-state index in [-0.39, 0.29) is 16.7 Å². The highest BCUT2D eigenvalue weighted by Crippen LogP contribution is 2.23. The van der Waals surface area contributed by atoms with Gasteiger partial charge in [0.25, 0.3) is 0 Å². The van der Waals surface area contributed by atoms with Gasteiger partial charge in [-0.3, -0.25) is 0 Å². The number of nitrogens with one attached hydrogen (secondary N) is 1. The molecule has 0 saturated carbocycles. The second-order valence-electron chi connectivity index (χ2n) is 3.43. The summed E-state index contributed by atoms with van der Waals surface area (Å²) in [6.07, 6.45) is 1.00. The normalized spacial score (nSPS) is 11.4. The number of aliphatic carboxylic acids is 1. The number of carboxylic acids is 1. The van der Waals surface area contributed by atoms with E-state index < -0.39 is 17.6 Å². The van der Waals surface area contributed by atoms with Crippen molar-refractivity contribution in [1.82, 2.24) is 0 Å². The fourth-order valence-electron chi connectivity index (χ4n) is 1.15. The fourth-order valence-corrected chi connectivity index (χ4v) is 1.47. The molecule has 0 unspecified atom stereocenters. The third-order valence-corrected chi connectivity index (χ3v) is 2.55. The highest BCUT2D eigenvalue weighted by atomic mass is 79.9. The summed E-state index contributed by atoms with van der Waals surface area (Å²) < 4.78 is 26.5. The van der Waals surface area contributed by atoms with Crippen molar-refractivity contribution in [2.45, 2.75) is 6.92 Å². The van der Waals surface area contributed by atoms with Crippen LogP contribution >= 0.6 is 15.9 Å². The average molecular weight is 306 g/mol. The van der Waals surface area contributed by atoms with Crippen molar-refractivity contribution >= 4 is 27.6 Å². The van der Waals surface area contributed by atoms with Crippen LogP contribution in [0.2, 0.25) is 0 Å². The van der Waals surface area contributed by atoms with Gasteiger partial charge < -0.3 is 10.4 Å². The van der Waals surface area contributed by atoms with E-state index in [1.807, 2.05) is 0 Å². The summed E-state index contributed by atoms with van der Waals surface area (Å²) in [6.45, 7) is 1.71. The Bertz CT molecular complexity index is 475. The fraction of sp³-hybridized carbons (Fsp3) is 0.182. The van der Waals surface area contributed by atoms with Gasteiger partial charge in [0.2, 0.25) is 0 Å². The number of benzene rings is 1. The zero-order valence-corrected chi connectivity index (χ0v) is 10.5. The maximum atomic E-state index is 13.3. The number of hydrogen-bond donors (Lipinski definition) is 2. The Kier molecular flexibility index (Phi) is 4.62. The molecular formula is C11H10BrF2NO2. The van der Waals surface area contributed by atoms with Gasteiger partial charge in [-0.2, -0.15) is 0 Å². The highest BCUT2D eigenvalue weighted by Gasteiger charge is 2.07. The van der Waals surface area contributed by atoms with Crippen LogP contribution in [0.5, 0.6) is 0 Å². The van der Waals surface area contributed by atoms with Gasteiger partial charge in [0, 0.05) is 18.7 Å². The molecule has 3 nitrogen and oxygen atoms in total. The summed E-state index contributed by atoms with van der Waals surface area (Å²) in [5.74, 6) is -2.28. The molecule has 0 aliphatic rings. The third kappa shape index (κ3) is 4.14. The van der Waals surface area contributed by atoms with Crippen molar-refractivity contribution in [2.75, 3.05) is 11.9 Å². The first-order valence-electron chi connectivity index (χ1n) is 4.68. The summed E-state index contributed by atoms with van der Waals surface area (Å²) in [5.41, 5.74) is 0.490. The Balaban J connectivity index is 2.76. The van der Waals surface area contributed by atoms with Crippen molar-refractivity contribution < 1.29 is 18.7 Å².